The minimum absolute atomic E-state index is 0.365. The second-order valence-electron chi connectivity index (χ2n) is 4.22. The van der Waals surface area contributed by atoms with Crippen LogP contribution in [0.5, 0.6) is 0 Å². The van der Waals surface area contributed by atoms with E-state index in [4.69, 9.17) is 11.6 Å². The minimum atomic E-state index is 0.365. The first-order valence-corrected chi connectivity index (χ1v) is 6.69. The largest absolute Gasteiger partial charge is 0.297 e. The Morgan fingerprint density at radius 3 is 3.20 bits per heavy atom. The van der Waals surface area contributed by atoms with Gasteiger partial charge in [-0.1, -0.05) is 0 Å². The molecule has 1 saturated carbocycles. The molecule has 0 N–H and O–H groups in total. The molecule has 3 rings (SSSR count). The van der Waals surface area contributed by atoms with E-state index in [-0.39, 0.29) is 0 Å². The Bertz CT molecular complexity index is 429. The average Bonchev–Trinajstić information content (AvgIpc) is 2.86. The molecule has 0 aliphatic heterocycles. The van der Waals surface area contributed by atoms with Crippen molar-refractivity contribution in [2.75, 3.05) is 0 Å². The third kappa shape index (κ3) is 2.04. The highest BCUT2D eigenvalue weighted by Gasteiger charge is 2.29. The van der Waals surface area contributed by atoms with Crippen LogP contribution in [0.25, 0.3) is 4.96 Å². The summed E-state index contributed by atoms with van der Waals surface area (Å²) in [5.74, 6) is 0.787. The van der Waals surface area contributed by atoms with Crippen LogP contribution in [0, 0.1) is 5.92 Å². The summed E-state index contributed by atoms with van der Waals surface area (Å²) in [6.07, 6.45) is 8.90. The van der Waals surface area contributed by atoms with Gasteiger partial charge in [0.2, 0.25) is 0 Å². The SMILES string of the molecule is ClC(CCc1cn2ccsc2n1)C1CC1. The molecule has 0 spiro atoms. The number of rotatable bonds is 4. The minimum Gasteiger partial charge on any atom is -0.297 e. The molecule has 15 heavy (non-hydrogen) atoms. The molecule has 0 radical (unpaired) electrons. The van der Waals surface area contributed by atoms with E-state index in [0.29, 0.717) is 5.38 Å². The van der Waals surface area contributed by atoms with Crippen LogP contribution < -0.4 is 0 Å². The van der Waals surface area contributed by atoms with Crippen molar-refractivity contribution >= 4 is 27.9 Å². The molecule has 1 aliphatic carbocycles. The van der Waals surface area contributed by atoms with Gasteiger partial charge in [-0.15, -0.1) is 22.9 Å². The highest BCUT2D eigenvalue weighted by atomic mass is 35.5. The van der Waals surface area contributed by atoms with Gasteiger partial charge in [0, 0.05) is 23.2 Å². The molecule has 0 aromatic carbocycles. The number of hydrogen-bond acceptors (Lipinski definition) is 2. The summed E-state index contributed by atoms with van der Waals surface area (Å²) < 4.78 is 2.08. The summed E-state index contributed by atoms with van der Waals surface area (Å²) in [6, 6.07) is 0. The van der Waals surface area contributed by atoms with Gasteiger partial charge in [0.1, 0.15) is 0 Å². The molecular weight excluding hydrogens is 228 g/mol. The maximum Gasteiger partial charge on any atom is 0.193 e. The van der Waals surface area contributed by atoms with E-state index in [9.17, 15) is 0 Å². The van der Waals surface area contributed by atoms with E-state index in [1.165, 1.54) is 18.5 Å². The normalized spacial score (nSPS) is 18.5. The molecule has 1 aliphatic rings. The summed E-state index contributed by atoms with van der Waals surface area (Å²) in [5.41, 5.74) is 1.17. The van der Waals surface area contributed by atoms with E-state index < -0.39 is 0 Å². The van der Waals surface area contributed by atoms with Gasteiger partial charge in [0.15, 0.2) is 4.96 Å². The van der Waals surface area contributed by atoms with Gasteiger partial charge >= 0.3 is 0 Å². The Morgan fingerprint density at radius 2 is 2.47 bits per heavy atom. The third-order valence-corrected chi connectivity index (χ3v) is 4.30. The van der Waals surface area contributed by atoms with Gasteiger partial charge in [-0.05, 0) is 31.6 Å². The number of thiazole rings is 1. The number of imidazole rings is 1. The summed E-state index contributed by atoms with van der Waals surface area (Å²) in [7, 11) is 0. The van der Waals surface area contributed by atoms with Crippen molar-refractivity contribution in [1.29, 1.82) is 0 Å². The van der Waals surface area contributed by atoms with Gasteiger partial charge < -0.3 is 0 Å². The van der Waals surface area contributed by atoms with Crippen LogP contribution >= 0.6 is 22.9 Å². The van der Waals surface area contributed by atoms with Gasteiger partial charge in [0.05, 0.1) is 5.69 Å². The van der Waals surface area contributed by atoms with Crippen molar-refractivity contribution in [3.63, 3.8) is 0 Å². The molecule has 1 atom stereocenters. The zero-order chi connectivity index (χ0) is 10.3. The summed E-state index contributed by atoms with van der Waals surface area (Å²) in [6.45, 7) is 0. The number of fused-ring (bicyclic) bond motifs is 1. The van der Waals surface area contributed by atoms with E-state index in [1.54, 1.807) is 11.3 Å². The first-order valence-electron chi connectivity index (χ1n) is 5.38. The van der Waals surface area contributed by atoms with Gasteiger partial charge in [-0.3, -0.25) is 4.40 Å². The standard InChI is InChI=1S/C11H13ClN2S/c12-10(8-1-2-8)4-3-9-7-14-5-6-15-11(14)13-9/h5-8,10H,1-4H2. The highest BCUT2D eigenvalue weighted by molar-refractivity contribution is 7.15. The van der Waals surface area contributed by atoms with E-state index in [1.807, 2.05) is 0 Å². The number of hydrogen-bond donors (Lipinski definition) is 0. The molecule has 4 heteroatoms. The first kappa shape index (κ1) is 9.67. The van der Waals surface area contributed by atoms with Gasteiger partial charge in [-0.25, -0.2) is 4.98 Å². The van der Waals surface area contributed by atoms with Crippen LogP contribution in [0.4, 0.5) is 0 Å². The maximum absolute atomic E-state index is 6.27. The quantitative estimate of drug-likeness (QED) is 0.750. The monoisotopic (exact) mass is 240 g/mol. The van der Waals surface area contributed by atoms with Gasteiger partial charge in [-0.2, -0.15) is 0 Å². The van der Waals surface area contributed by atoms with Crippen LogP contribution in [-0.2, 0) is 6.42 Å². The van der Waals surface area contributed by atoms with E-state index in [0.717, 1.165) is 23.7 Å². The fraction of sp³-hybridized carbons (Fsp3) is 0.545. The summed E-state index contributed by atoms with van der Waals surface area (Å²) in [4.78, 5) is 5.63. The molecule has 0 amide bonds. The van der Waals surface area contributed by atoms with Crippen molar-refractivity contribution in [2.45, 2.75) is 31.1 Å². The number of aromatic nitrogens is 2. The molecule has 2 nitrogen and oxygen atoms in total. The Labute approximate surface area is 97.9 Å². The fourth-order valence-corrected chi connectivity index (χ4v) is 2.96. The van der Waals surface area contributed by atoms with Crippen LogP contribution in [-0.4, -0.2) is 14.8 Å². The Balaban J connectivity index is 1.64. The second kappa shape index (κ2) is 3.80. The Kier molecular flexibility index (Phi) is 2.45. The lowest BCUT2D eigenvalue weighted by atomic mass is 10.1. The second-order valence-corrected chi connectivity index (χ2v) is 5.65. The van der Waals surface area contributed by atoms with E-state index >= 15 is 0 Å². The topological polar surface area (TPSA) is 17.3 Å². The van der Waals surface area contributed by atoms with E-state index in [2.05, 4.69) is 27.2 Å². The van der Waals surface area contributed by atoms with Crippen LogP contribution in [0.3, 0.4) is 0 Å². The molecule has 80 valence electrons. The van der Waals surface area contributed by atoms with Crippen molar-refractivity contribution < 1.29 is 0 Å². The molecule has 2 heterocycles. The number of alkyl halides is 1. The predicted octanol–water partition coefficient (Wildman–Crippen LogP) is 3.35. The molecule has 1 fully saturated rings. The van der Waals surface area contributed by atoms with Gasteiger partial charge in [0.25, 0.3) is 0 Å². The smallest absolute Gasteiger partial charge is 0.193 e. The van der Waals surface area contributed by atoms with Crippen molar-refractivity contribution in [3.8, 4) is 0 Å². The molecule has 2 aromatic rings. The predicted molar refractivity (Wildman–Crippen MR) is 63.8 cm³/mol. The lowest BCUT2D eigenvalue weighted by Crippen LogP contribution is -2.02. The van der Waals surface area contributed by atoms with Crippen LogP contribution in [0.1, 0.15) is 25.0 Å². The molecule has 1 unspecified atom stereocenters. The molecule has 0 bridgehead atoms. The van der Waals surface area contributed by atoms with Crippen molar-refractivity contribution in [3.05, 3.63) is 23.5 Å². The number of halogens is 1. The van der Waals surface area contributed by atoms with Crippen LogP contribution in [0.2, 0.25) is 0 Å². The number of nitrogens with zero attached hydrogens (tertiary/aromatic N) is 2. The summed E-state index contributed by atoms with van der Waals surface area (Å²) in [5, 5.41) is 2.42. The lowest BCUT2D eigenvalue weighted by molar-refractivity contribution is 0.671. The summed E-state index contributed by atoms with van der Waals surface area (Å²) >= 11 is 7.95. The van der Waals surface area contributed by atoms with Crippen molar-refractivity contribution in [1.82, 2.24) is 9.38 Å². The molecule has 0 saturated heterocycles. The lowest BCUT2D eigenvalue weighted by Gasteiger charge is -2.04. The molecule has 2 aromatic heterocycles. The Hall–Kier alpha value is -0.540. The maximum atomic E-state index is 6.27. The highest BCUT2D eigenvalue weighted by Crippen LogP contribution is 2.37. The average molecular weight is 241 g/mol. The first-order chi connectivity index (χ1) is 7.33. The third-order valence-electron chi connectivity index (χ3n) is 2.95. The van der Waals surface area contributed by atoms with Crippen molar-refractivity contribution in [2.24, 2.45) is 5.92 Å². The fourth-order valence-electron chi connectivity index (χ4n) is 1.88. The van der Waals surface area contributed by atoms with Crippen LogP contribution in [0.15, 0.2) is 17.8 Å². The zero-order valence-corrected chi connectivity index (χ0v) is 9.97. The number of aryl methyl sites for hydroxylation is 1. The Morgan fingerprint density at radius 1 is 1.60 bits per heavy atom. The molecular formula is C11H13ClN2S. The zero-order valence-electron chi connectivity index (χ0n) is 8.40.